The number of benzene rings is 1. The Bertz CT molecular complexity index is 600. The fourth-order valence-electron chi connectivity index (χ4n) is 2.24. The number of halogens is 1. The Labute approximate surface area is 113 Å². The second-order valence-corrected chi connectivity index (χ2v) is 5.37. The van der Waals surface area contributed by atoms with E-state index >= 15 is 0 Å². The maximum absolute atomic E-state index is 14.3. The first-order valence-electron chi connectivity index (χ1n) is 6.48. The fourth-order valence-corrected chi connectivity index (χ4v) is 2.24. The second kappa shape index (κ2) is 5.03. The molecule has 1 aromatic heterocycles. The summed E-state index contributed by atoms with van der Waals surface area (Å²) in [7, 11) is 1.79. The van der Waals surface area contributed by atoms with Crippen molar-refractivity contribution in [1.82, 2.24) is 9.78 Å². The summed E-state index contributed by atoms with van der Waals surface area (Å²) < 4.78 is 15.9. The molecular formula is C15H20FN3. The number of hydrogen-bond donors (Lipinski definition) is 1. The van der Waals surface area contributed by atoms with E-state index in [0.29, 0.717) is 28.6 Å². The Morgan fingerprint density at radius 3 is 2.68 bits per heavy atom. The van der Waals surface area contributed by atoms with E-state index in [1.165, 1.54) is 0 Å². The molecule has 0 unspecified atom stereocenters. The number of nitrogens with two attached hydrogens (primary N) is 1. The van der Waals surface area contributed by atoms with Crippen molar-refractivity contribution < 1.29 is 4.39 Å². The highest BCUT2D eigenvalue weighted by molar-refractivity contribution is 5.69. The molecule has 0 aliphatic carbocycles. The zero-order valence-corrected chi connectivity index (χ0v) is 11.9. The van der Waals surface area contributed by atoms with Crippen molar-refractivity contribution in [1.29, 1.82) is 0 Å². The molecule has 4 heteroatoms. The van der Waals surface area contributed by atoms with Crippen molar-refractivity contribution in [2.75, 3.05) is 5.73 Å². The molecule has 19 heavy (non-hydrogen) atoms. The van der Waals surface area contributed by atoms with E-state index in [0.717, 1.165) is 12.0 Å². The summed E-state index contributed by atoms with van der Waals surface area (Å²) in [5.41, 5.74) is 8.80. The molecule has 102 valence electrons. The van der Waals surface area contributed by atoms with Gasteiger partial charge in [-0.3, -0.25) is 4.68 Å². The normalized spacial score (nSPS) is 11.3. The van der Waals surface area contributed by atoms with Crippen molar-refractivity contribution >= 4 is 5.82 Å². The zero-order chi connectivity index (χ0) is 14.2. The average Bonchev–Trinajstić information content (AvgIpc) is 2.60. The summed E-state index contributed by atoms with van der Waals surface area (Å²) in [6, 6.07) is 5.36. The van der Waals surface area contributed by atoms with Gasteiger partial charge in [0.2, 0.25) is 0 Å². The molecule has 2 aromatic rings. The molecule has 2 N–H and O–H groups in total. The molecule has 0 fully saturated rings. The van der Waals surface area contributed by atoms with E-state index in [1.807, 2.05) is 6.07 Å². The van der Waals surface area contributed by atoms with Crippen LogP contribution in [0.4, 0.5) is 10.2 Å². The molecule has 0 saturated carbocycles. The molecule has 0 atom stereocenters. The van der Waals surface area contributed by atoms with Crippen LogP contribution in [0.2, 0.25) is 0 Å². The minimum absolute atomic E-state index is 0.217. The first kappa shape index (κ1) is 13.6. The van der Waals surface area contributed by atoms with Crippen molar-refractivity contribution in [3.63, 3.8) is 0 Å². The molecule has 0 radical (unpaired) electrons. The van der Waals surface area contributed by atoms with Gasteiger partial charge in [-0.1, -0.05) is 26.0 Å². The van der Waals surface area contributed by atoms with Crippen LogP contribution in [0.5, 0.6) is 0 Å². The Morgan fingerprint density at radius 1 is 1.37 bits per heavy atom. The van der Waals surface area contributed by atoms with E-state index in [2.05, 4.69) is 18.9 Å². The van der Waals surface area contributed by atoms with Gasteiger partial charge in [-0.15, -0.1) is 0 Å². The molecule has 1 heterocycles. The molecule has 0 saturated heterocycles. The molecule has 0 aliphatic rings. The highest BCUT2D eigenvalue weighted by Crippen LogP contribution is 2.31. The third-order valence-corrected chi connectivity index (χ3v) is 3.25. The summed E-state index contributed by atoms with van der Waals surface area (Å²) in [5.74, 6) is 0.841. The van der Waals surface area contributed by atoms with E-state index in [-0.39, 0.29) is 5.82 Å². The van der Waals surface area contributed by atoms with Crippen LogP contribution in [0.3, 0.4) is 0 Å². The van der Waals surface area contributed by atoms with Crippen LogP contribution >= 0.6 is 0 Å². The summed E-state index contributed by atoms with van der Waals surface area (Å²) >= 11 is 0. The third-order valence-electron chi connectivity index (χ3n) is 3.25. The lowest BCUT2D eigenvalue weighted by Gasteiger charge is -2.08. The van der Waals surface area contributed by atoms with Gasteiger partial charge in [-0.05, 0) is 30.9 Å². The third kappa shape index (κ3) is 2.48. The Hall–Kier alpha value is -1.84. The number of anilines is 1. The highest BCUT2D eigenvalue weighted by Gasteiger charge is 2.19. The zero-order valence-electron chi connectivity index (χ0n) is 11.9. The van der Waals surface area contributed by atoms with Crippen molar-refractivity contribution in [3.05, 3.63) is 35.1 Å². The first-order valence-corrected chi connectivity index (χ1v) is 6.48. The molecule has 0 bridgehead atoms. The summed E-state index contributed by atoms with van der Waals surface area (Å²) in [5, 5.41) is 4.39. The Kier molecular flexibility index (Phi) is 3.60. The molecule has 1 aromatic carbocycles. The standard InChI is InChI=1S/C15H20FN3/c1-9(2)8-12-14(18-19(4)15(12)17)11-7-5-6-10(3)13(11)16/h5-7,9H,8,17H2,1-4H3. The quantitative estimate of drug-likeness (QED) is 0.921. The van der Waals surface area contributed by atoms with Gasteiger partial charge >= 0.3 is 0 Å². The summed E-state index contributed by atoms with van der Waals surface area (Å²) in [6.07, 6.45) is 0.794. The lowest BCUT2D eigenvalue weighted by atomic mass is 9.98. The highest BCUT2D eigenvalue weighted by atomic mass is 19.1. The first-order chi connectivity index (χ1) is 8.91. The van der Waals surface area contributed by atoms with Crippen LogP contribution < -0.4 is 5.73 Å². The summed E-state index contributed by atoms with van der Waals surface area (Å²) in [6.45, 7) is 5.99. The molecule has 0 aliphatic heterocycles. The van der Waals surface area contributed by atoms with Crippen molar-refractivity contribution in [3.8, 4) is 11.3 Å². The average molecular weight is 261 g/mol. The van der Waals surface area contributed by atoms with E-state index < -0.39 is 0 Å². The number of rotatable bonds is 3. The second-order valence-electron chi connectivity index (χ2n) is 5.37. The minimum atomic E-state index is -0.217. The molecule has 2 rings (SSSR count). The van der Waals surface area contributed by atoms with Crippen LogP contribution in [0.1, 0.15) is 25.0 Å². The van der Waals surface area contributed by atoms with E-state index in [1.54, 1.807) is 30.8 Å². The number of aromatic nitrogens is 2. The molecule has 3 nitrogen and oxygen atoms in total. The topological polar surface area (TPSA) is 43.8 Å². The lowest BCUT2D eigenvalue weighted by molar-refractivity contribution is 0.619. The Balaban J connectivity index is 2.62. The number of hydrogen-bond acceptors (Lipinski definition) is 2. The summed E-state index contributed by atoms with van der Waals surface area (Å²) in [4.78, 5) is 0. The molecule has 0 amide bonds. The van der Waals surface area contributed by atoms with Crippen molar-refractivity contribution in [2.24, 2.45) is 13.0 Å². The number of aryl methyl sites for hydroxylation is 2. The van der Waals surface area contributed by atoms with Crippen LogP contribution in [0.25, 0.3) is 11.3 Å². The van der Waals surface area contributed by atoms with E-state index in [9.17, 15) is 4.39 Å². The fraction of sp³-hybridized carbons (Fsp3) is 0.400. The SMILES string of the molecule is Cc1cccc(-c2nn(C)c(N)c2CC(C)C)c1F. The van der Waals surface area contributed by atoms with Gasteiger partial charge in [0.25, 0.3) is 0 Å². The monoisotopic (exact) mass is 261 g/mol. The van der Waals surface area contributed by atoms with Crippen LogP contribution in [0, 0.1) is 18.7 Å². The maximum Gasteiger partial charge on any atom is 0.135 e. The maximum atomic E-state index is 14.3. The number of nitrogen functional groups attached to an aromatic ring is 1. The number of nitrogens with zero attached hydrogens (tertiary/aromatic N) is 2. The van der Waals surface area contributed by atoms with Crippen LogP contribution in [-0.2, 0) is 13.5 Å². The lowest BCUT2D eigenvalue weighted by Crippen LogP contribution is -2.02. The van der Waals surface area contributed by atoms with Crippen molar-refractivity contribution in [2.45, 2.75) is 27.2 Å². The molecule has 0 spiro atoms. The van der Waals surface area contributed by atoms with Crippen LogP contribution in [-0.4, -0.2) is 9.78 Å². The smallest absolute Gasteiger partial charge is 0.135 e. The van der Waals surface area contributed by atoms with Gasteiger partial charge in [-0.25, -0.2) is 4.39 Å². The minimum Gasteiger partial charge on any atom is -0.384 e. The van der Waals surface area contributed by atoms with Gasteiger partial charge < -0.3 is 5.73 Å². The van der Waals surface area contributed by atoms with Crippen LogP contribution in [0.15, 0.2) is 18.2 Å². The predicted molar refractivity (Wildman–Crippen MR) is 76.3 cm³/mol. The predicted octanol–water partition coefficient (Wildman–Crippen LogP) is 3.32. The van der Waals surface area contributed by atoms with Gasteiger partial charge in [0, 0.05) is 18.2 Å². The van der Waals surface area contributed by atoms with E-state index in [4.69, 9.17) is 5.73 Å². The van der Waals surface area contributed by atoms with Gasteiger partial charge in [0.05, 0.1) is 0 Å². The van der Waals surface area contributed by atoms with Gasteiger partial charge in [0.1, 0.15) is 17.3 Å². The molecular weight excluding hydrogens is 241 g/mol. The van der Waals surface area contributed by atoms with Gasteiger partial charge in [0.15, 0.2) is 0 Å². The largest absolute Gasteiger partial charge is 0.384 e. The van der Waals surface area contributed by atoms with Gasteiger partial charge in [-0.2, -0.15) is 5.10 Å². The Morgan fingerprint density at radius 2 is 2.05 bits per heavy atom.